The molecule has 1 aromatic rings. The van der Waals surface area contributed by atoms with Crippen LogP contribution < -0.4 is 16.1 Å². The van der Waals surface area contributed by atoms with E-state index in [1.165, 1.54) is 19.3 Å². The van der Waals surface area contributed by atoms with Crippen LogP contribution in [0.25, 0.3) is 0 Å². The normalized spacial score (nSPS) is 20.7. The Balaban J connectivity index is 1.83. The van der Waals surface area contributed by atoms with Gasteiger partial charge in [-0.15, -0.1) is 0 Å². The average Bonchev–Trinajstić information content (AvgIpc) is 3.18. The summed E-state index contributed by atoms with van der Waals surface area (Å²) in [5.41, 5.74) is -0.466. The zero-order chi connectivity index (χ0) is 20.6. The molecular weight excluding hydrogens is 370 g/mol. The van der Waals surface area contributed by atoms with E-state index in [0.717, 1.165) is 45.1 Å². The Bertz CT molecular complexity index is 760. The molecular formula is C22H33N3O4. The van der Waals surface area contributed by atoms with Gasteiger partial charge in [0.25, 0.3) is 11.8 Å². The molecule has 2 fully saturated rings. The first kappa shape index (κ1) is 21.6. The molecule has 0 spiro atoms. The van der Waals surface area contributed by atoms with Crippen molar-refractivity contribution in [3.8, 4) is 0 Å². The highest BCUT2D eigenvalue weighted by Crippen LogP contribution is 2.18. The van der Waals surface area contributed by atoms with Crippen molar-refractivity contribution in [1.29, 1.82) is 0 Å². The van der Waals surface area contributed by atoms with E-state index in [-0.39, 0.29) is 29.2 Å². The maximum Gasteiger partial charge on any atom is 0.256 e. The lowest BCUT2D eigenvalue weighted by atomic mass is 9.96. The quantitative estimate of drug-likeness (QED) is 0.764. The number of nitrogens with one attached hydrogen (secondary N) is 2. The zero-order valence-corrected chi connectivity index (χ0v) is 17.4. The fraction of sp³-hybridized carbons (Fsp3) is 0.682. The fourth-order valence-electron chi connectivity index (χ4n) is 4.20. The number of ether oxygens (including phenoxy) is 1. The lowest BCUT2D eigenvalue weighted by molar-refractivity contribution is 0.0914. The Morgan fingerprint density at radius 1 is 1.00 bits per heavy atom. The van der Waals surface area contributed by atoms with Gasteiger partial charge in [-0.3, -0.25) is 14.4 Å². The van der Waals surface area contributed by atoms with E-state index >= 15 is 0 Å². The Morgan fingerprint density at radius 2 is 1.66 bits per heavy atom. The monoisotopic (exact) mass is 403 g/mol. The minimum atomic E-state index is -0.511. The first-order valence-electron chi connectivity index (χ1n) is 11.0. The first-order valence-corrected chi connectivity index (χ1v) is 11.0. The van der Waals surface area contributed by atoms with Gasteiger partial charge in [-0.25, -0.2) is 0 Å². The highest BCUT2D eigenvalue weighted by atomic mass is 16.5. The van der Waals surface area contributed by atoms with Gasteiger partial charge < -0.3 is 19.9 Å². The van der Waals surface area contributed by atoms with Crippen LogP contribution in [0, 0.1) is 0 Å². The van der Waals surface area contributed by atoms with Crippen molar-refractivity contribution < 1.29 is 14.3 Å². The van der Waals surface area contributed by atoms with Crippen molar-refractivity contribution >= 4 is 11.8 Å². The van der Waals surface area contributed by atoms with Crippen LogP contribution in [0.4, 0.5) is 0 Å². The predicted molar refractivity (Wildman–Crippen MR) is 111 cm³/mol. The van der Waals surface area contributed by atoms with Crippen molar-refractivity contribution in [3.05, 3.63) is 33.7 Å². The van der Waals surface area contributed by atoms with Gasteiger partial charge in [-0.05, 0) is 32.6 Å². The lowest BCUT2D eigenvalue weighted by Gasteiger charge is -2.21. The number of amides is 2. The number of rotatable bonds is 6. The van der Waals surface area contributed by atoms with Gasteiger partial charge in [0, 0.05) is 38.1 Å². The summed E-state index contributed by atoms with van der Waals surface area (Å²) in [6.07, 6.45) is 12.8. The predicted octanol–water partition coefficient (Wildman–Crippen LogP) is 2.62. The van der Waals surface area contributed by atoms with E-state index in [1.54, 1.807) is 23.9 Å². The Labute approximate surface area is 172 Å². The number of hydrogen-bond donors (Lipinski definition) is 2. The molecule has 1 aliphatic carbocycles. The van der Waals surface area contributed by atoms with Crippen molar-refractivity contribution in [1.82, 2.24) is 15.2 Å². The second-order valence-corrected chi connectivity index (χ2v) is 8.12. The van der Waals surface area contributed by atoms with Crippen molar-refractivity contribution in [2.45, 2.75) is 83.4 Å². The highest BCUT2D eigenvalue weighted by Gasteiger charge is 2.23. The molecule has 0 radical (unpaired) electrons. The summed E-state index contributed by atoms with van der Waals surface area (Å²) in [5, 5.41) is 5.72. The third-order valence-corrected chi connectivity index (χ3v) is 5.78. The van der Waals surface area contributed by atoms with Crippen LogP contribution in [-0.2, 0) is 11.3 Å². The minimum Gasteiger partial charge on any atom is -0.376 e. The van der Waals surface area contributed by atoms with Gasteiger partial charge in [0.05, 0.1) is 6.10 Å². The van der Waals surface area contributed by atoms with E-state index in [4.69, 9.17) is 4.74 Å². The molecule has 1 atom stereocenters. The maximum absolute atomic E-state index is 13.0. The van der Waals surface area contributed by atoms with Crippen LogP contribution >= 0.6 is 0 Å². The molecule has 3 rings (SSSR count). The van der Waals surface area contributed by atoms with Gasteiger partial charge in [0.15, 0.2) is 0 Å². The summed E-state index contributed by atoms with van der Waals surface area (Å²) < 4.78 is 7.44. The number of carbonyl (C=O) groups is 2. The number of nitrogens with zero attached hydrogens (tertiary/aromatic N) is 1. The number of pyridine rings is 1. The van der Waals surface area contributed by atoms with E-state index in [0.29, 0.717) is 13.1 Å². The maximum atomic E-state index is 13.0. The first-order chi connectivity index (χ1) is 14.1. The van der Waals surface area contributed by atoms with Crippen LogP contribution in [0.5, 0.6) is 0 Å². The van der Waals surface area contributed by atoms with Crippen molar-refractivity contribution in [3.63, 3.8) is 0 Å². The molecule has 1 aromatic heterocycles. The SMILES string of the molecule is CCNC(=O)c1cn(C[C@H]2CCCO2)cc(C(=O)NC2CCCCCCC2)c1=O. The largest absolute Gasteiger partial charge is 0.376 e. The van der Waals surface area contributed by atoms with Crippen molar-refractivity contribution in [2.24, 2.45) is 0 Å². The van der Waals surface area contributed by atoms with Gasteiger partial charge in [-0.1, -0.05) is 32.1 Å². The molecule has 0 unspecified atom stereocenters. The molecule has 7 heteroatoms. The average molecular weight is 404 g/mol. The molecule has 7 nitrogen and oxygen atoms in total. The molecule has 2 amide bonds. The molecule has 1 saturated heterocycles. The van der Waals surface area contributed by atoms with Crippen LogP contribution in [0.3, 0.4) is 0 Å². The molecule has 0 aromatic carbocycles. The molecule has 1 saturated carbocycles. The molecule has 2 N–H and O–H groups in total. The van der Waals surface area contributed by atoms with E-state index in [9.17, 15) is 14.4 Å². The zero-order valence-electron chi connectivity index (χ0n) is 17.4. The number of hydrogen-bond acceptors (Lipinski definition) is 4. The third-order valence-electron chi connectivity index (χ3n) is 5.78. The second-order valence-electron chi connectivity index (χ2n) is 8.12. The summed E-state index contributed by atoms with van der Waals surface area (Å²) in [4.78, 5) is 38.3. The molecule has 2 heterocycles. The Morgan fingerprint density at radius 3 is 2.28 bits per heavy atom. The van der Waals surface area contributed by atoms with Crippen LogP contribution in [0.15, 0.2) is 17.2 Å². The lowest BCUT2D eigenvalue weighted by Crippen LogP contribution is -2.40. The van der Waals surface area contributed by atoms with E-state index < -0.39 is 11.3 Å². The summed E-state index contributed by atoms with van der Waals surface area (Å²) >= 11 is 0. The van der Waals surface area contributed by atoms with Gasteiger partial charge in [-0.2, -0.15) is 0 Å². The molecule has 2 aliphatic rings. The highest BCUT2D eigenvalue weighted by molar-refractivity contribution is 5.99. The minimum absolute atomic E-state index is 0.00941. The van der Waals surface area contributed by atoms with Crippen LogP contribution in [0.2, 0.25) is 0 Å². The van der Waals surface area contributed by atoms with Crippen molar-refractivity contribution in [2.75, 3.05) is 13.2 Å². The topological polar surface area (TPSA) is 89.4 Å². The fourth-order valence-corrected chi connectivity index (χ4v) is 4.20. The van der Waals surface area contributed by atoms with Crippen LogP contribution in [0.1, 0.15) is 85.4 Å². The summed E-state index contributed by atoms with van der Waals surface area (Å²) in [6, 6.07) is 0.0851. The molecule has 0 bridgehead atoms. The third kappa shape index (κ3) is 5.92. The van der Waals surface area contributed by atoms with Gasteiger partial charge in [0.2, 0.25) is 5.43 Å². The molecule has 160 valence electrons. The van der Waals surface area contributed by atoms with E-state index in [1.807, 2.05) is 0 Å². The number of aromatic nitrogens is 1. The van der Waals surface area contributed by atoms with E-state index in [2.05, 4.69) is 10.6 Å². The Hall–Kier alpha value is -2.15. The summed E-state index contributed by atoms with van der Waals surface area (Å²) in [6.45, 7) is 3.47. The standard InChI is InChI=1S/C22H33N3O4/c1-2-23-21(27)18-14-25(13-17-11-8-12-29-17)15-19(20(18)26)22(28)24-16-9-6-4-3-5-7-10-16/h14-17H,2-13H2,1H3,(H,23,27)(H,24,28)/t17-/m1/s1. The number of carbonyl (C=O) groups excluding carboxylic acids is 2. The van der Waals surface area contributed by atoms with Gasteiger partial charge in [0.1, 0.15) is 11.1 Å². The Kier molecular flexibility index (Phi) is 7.86. The van der Waals surface area contributed by atoms with Gasteiger partial charge >= 0.3 is 0 Å². The summed E-state index contributed by atoms with van der Waals surface area (Å²) in [5.74, 6) is -0.827. The molecule has 1 aliphatic heterocycles. The van der Waals surface area contributed by atoms with Crippen LogP contribution in [-0.4, -0.2) is 41.7 Å². The smallest absolute Gasteiger partial charge is 0.256 e. The summed E-state index contributed by atoms with van der Waals surface area (Å²) in [7, 11) is 0. The molecule has 29 heavy (non-hydrogen) atoms. The second kappa shape index (κ2) is 10.6.